The molecule has 33 heavy (non-hydrogen) atoms. The van der Waals surface area contributed by atoms with Gasteiger partial charge in [-0.1, -0.05) is 6.42 Å². The number of nitrogens with zero attached hydrogens (tertiary/aromatic N) is 1. The zero-order chi connectivity index (χ0) is 25.4. The van der Waals surface area contributed by atoms with Gasteiger partial charge in [0.25, 0.3) is 0 Å². The number of amides is 3. The van der Waals surface area contributed by atoms with Gasteiger partial charge in [0.05, 0.1) is 12.6 Å². The second-order valence-electron chi connectivity index (χ2n) is 7.23. The molecule has 4 atom stereocenters. The smallest absolute Gasteiger partial charge is 0.326 e. The molecular formula is C18H36N8O6S. The lowest BCUT2D eigenvalue weighted by atomic mass is 10.1. The fraction of sp³-hybridized carbons (Fsp3) is 0.722. The van der Waals surface area contributed by atoms with E-state index in [9.17, 15) is 29.4 Å². The molecule has 4 unspecified atom stereocenters. The van der Waals surface area contributed by atoms with E-state index in [1.807, 2.05) is 0 Å². The number of hydrogen-bond acceptors (Lipinski definition) is 9. The third kappa shape index (κ3) is 12.9. The largest absolute Gasteiger partial charge is 0.480 e. The highest BCUT2D eigenvalue weighted by Gasteiger charge is 2.29. The van der Waals surface area contributed by atoms with E-state index >= 15 is 0 Å². The number of carboxylic acids is 1. The first-order valence-corrected chi connectivity index (χ1v) is 11.1. The topological polar surface area (TPSA) is 261 Å². The Bertz CT molecular complexity index is 676. The third-order valence-corrected chi connectivity index (χ3v) is 4.86. The van der Waals surface area contributed by atoms with Crippen LogP contribution in [0.1, 0.15) is 32.1 Å². The zero-order valence-corrected chi connectivity index (χ0v) is 19.3. The van der Waals surface area contributed by atoms with Crippen molar-refractivity contribution in [3.05, 3.63) is 0 Å². The average molecular weight is 493 g/mol. The Hall–Kier alpha value is -2.62. The summed E-state index contributed by atoms with van der Waals surface area (Å²) in [6.07, 6.45) is 2.00. The van der Waals surface area contributed by atoms with Crippen molar-refractivity contribution in [2.45, 2.75) is 56.3 Å². The highest BCUT2D eigenvalue weighted by molar-refractivity contribution is 7.80. The van der Waals surface area contributed by atoms with Crippen LogP contribution in [0.3, 0.4) is 0 Å². The molecule has 15 heteroatoms. The van der Waals surface area contributed by atoms with Gasteiger partial charge in [0.1, 0.15) is 18.1 Å². The molecule has 0 spiro atoms. The molecule has 190 valence electrons. The first-order valence-electron chi connectivity index (χ1n) is 10.4. The normalized spacial score (nSPS) is 14.3. The molecule has 0 fully saturated rings. The number of aliphatic hydroxyl groups excluding tert-OH is 1. The predicted molar refractivity (Wildman–Crippen MR) is 125 cm³/mol. The first kappa shape index (κ1) is 30.4. The van der Waals surface area contributed by atoms with Crippen LogP contribution in [0.2, 0.25) is 0 Å². The summed E-state index contributed by atoms with van der Waals surface area (Å²) in [5, 5.41) is 25.8. The standard InChI is InChI=1S/C18H36N8O6S/c19-6-2-1-4-10(20)14(28)25-12(8-27)15(29)26-13(9-33)16(30)24-11(17(31)32)5-3-7-23-18(21)22/h10-13,27,33H,1-9,19-20H2,(H,24,30)(H,25,28)(H,26,29)(H,31,32)(H4,21,22,23). The molecule has 0 saturated carbocycles. The maximum absolute atomic E-state index is 12.5. The molecule has 0 aromatic rings. The maximum atomic E-state index is 12.5. The third-order valence-electron chi connectivity index (χ3n) is 4.50. The number of carboxylic acid groups (broad SMARTS) is 1. The van der Waals surface area contributed by atoms with Crippen molar-refractivity contribution in [2.24, 2.45) is 27.9 Å². The van der Waals surface area contributed by atoms with Gasteiger partial charge in [-0.3, -0.25) is 19.4 Å². The molecule has 0 aliphatic heterocycles. The SMILES string of the molecule is NCCCCC(N)C(=O)NC(CO)C(=O)NC(CS)C(=O)NC(CCCN=C(N)N)C(=O)O. The number of carbonyl (C=O) groups excluding carboxylic acids is 3. The van der Waals surface area contributed by atoms with Crippen LogP contribution in [0.25, 0.3) is 0 Å². The summed E-state index contributed by atoms with van der Waals surface area (Å²) in [6.45, 7) is -0.0975. The Kier molecular flexibility index (Phi) is 15.6. The fourth-order valence-electron chi connectivity index (χ4n) is 2.61. The molecule has 0 aromatic carbocycles. The highest BCUT2D eigenvalue weighted by Crippen LogP contribution is 2.02. The summed E-state index contributed by atoms with van der Waals surface area (Å²) < 4.78 is 0. The Morgan fingerprint density at radius 2 is 1.45 bits per heavy atom. The van der Waals surface area contributed by atoms with Crippen LogP contribution in [0.5, 0.6) is 0 Å². The molecule has 14 nitrogen and oxygen atoms in total. The van der Waals surface area contributed by atoms with Gasteiger partial charge in [-0.25, -0.2) is 4.79 Å². The van der Waals surface area contributed by atoms with Crippen LogP contribution < -0.4 is 38.9 Å². The lowest BCUT2D eigenvalue weighted by Gasteiger charge is -2.23. The highest BCUT2D eigenvalue weighted by atomic mass is 32.1. The monoisotopic (exact) mass is 492 g/mol. The first-order chi connectivity index (χ1) is 15.6. The Balaban J connectivity index is 4.89. The number of nitrogens with two attached hydrogens (primary N) is 4. The van der Waals surface area contributed by atoms with Crippen molar-refractivity contribution < 1.29 is 29.4 Å². The molecule has 0 aliphatic carbocycles. The van der Waals surface area contributed by atoms with Crippen LogP contribution in [0.15, 0.2) is 4.99 Å². The average Bonchev–Trinajstić information content (AvgIpc) is 2.76. The predicted octanol–water partition coefficient (Wildman–Crippen LogP) is -4.04. The number of hydrogen-bond donors (Lipinski definition) is 10. The summed E-state index contributed by atoms with van der Waals surface area (Å²) >= 11 is 4.01. The van der Waals surface area contributed by atoms with E-state index in [0.717, 1.165) is 0 Å². The van der Waals surface area contributed by atoms with Crippen LogP contribution in [0.4, 0.5) is 0 Å². The Morgan fingerprint density at radius 3 is 1.97 bits per heavy atom. The summed E-state index contributed by atoms with van der Waals surface area (Å²) in [4.78, 5) is 52.2. The zero-order valence-electron chi connectivity index (χ0n) is 18.4. The van der Waals surface area contributed by atoms with E-state index < -0.39 is 54.5 Å². The van der Waals surface area contributed by atoms with E-state index in [1.54, 1.807) is 0 Å². The number of nitrogens with one attached hydrogen (secondary N) is 3. The van der Waals surface area contributed by atoms with Crippen LogP contribution in [-0.4, -0.2) is 89.5 Å². The summed E-state index contributed by atoms with van der Waals surface area (Å²) in [5.41, 5.74) is 21.6. The molecule has 13 N–H and O–H groups in total. The van der Waals surface area contributed by atoms with E-state index in [-0.39, 0.29) is 31.1 Å². The van der Waals surface area contributed by atoms with Crippen LogP contribution in [0, 0.1) is 0 Å². The van der Waals surface area contributed by atoms with E-state index in [4.69, 9.17) is 22.9 Å². The molecule has 0 bridgehead atoms. The number of guanidine groups is 1. The van der Waals surface area contributed by atoms with Crippen molar-refractivity contribution in [1.29, 1.82) is 0 Å². The van der Waals surface area contributed by atoms with Gasteiger partial charge in [0.2, 0.25) is 17.7 Å². The number of aliphatic imine (C=N–C) groups is 1. The lowest BCUT2D eigenvalue weighted by Crippen LogP contribution is -2.58. The van der Waals surface area contributed by atoms with Crippen molar-refractivity contribution in [2.75, 3.05) is 25.4 Å². The molecule has 0 heterocycles. The number of aliphatic carboxylic acids is 1. The minimum atomic E-state index is -1.36. The molecule has 0 rings (SSSR count). The Morgan fingerprint density at radius 1 is 0.879 bits per heavy atom. The van der Waals surface area contributed by atoms with Gasteiger partial charge in [-0.2, -0.15) is 12.6 Å². The van der Waals surface area contributed by atoms with Gasteiger partial charge >= 0.3 is 5.97 Å². The summed E-state index contributed by atoms with van der Waals surface area (Å²) in [5.74, 6) is -3.86. The van der Waals surface area contributed by atoms with Gasteiger partial charge in [0.15, 0.2) is 5.96 Å². The van der Waals surface area contributed by atoms with E-state index in [0.29, 0.717) is 25.8 Å². The minimum Gasteiger partial charge on any atom is -0.480 e. The van der Waals surface area contributed by atoms with Crippen molar-refractivity contribution in [3.8, 4) is 0 Å². The summed E-state index contributed by atoms with van der Waals surface area (Å²) in [7, 11) is 0. The second kappa shape index (κ2) is 16.9. The van der Waals surface area contributed by atoms with Crippen molar-refractivity contribution >= 4 is 42.3 Å². The van der Waals surface area contributed by atoms with Crippen LogP contribution >= 0.6 is 12.6 Å². The number of aliphatic hydroxyl groups is 1. The summed E-state index contributed by atoms with van der Waals surface area (Å²) in [6, 6.07) is -4.71. The van der Waals surface area contributed by atoms with E-state index in [1.165, 1.54) is 0 Å². The lowest BCUT2D eigenvalue weighted by molar-refractivity contribution is -0.142. The number of unbranched alkanes of at least 4 members (excludes halogenated alkanes) is 1. The molecule has 0 aliphatic rings. The number of rotatable bonds is 17. The molecule has 3 amide bonds. The molecule has 0 radical (unpaired) electrons. The quantitative estimate of drug-likeness (QED) is 0.0406. The van der Waals surface area contributed by atoms with E-state index in [2.05, 4.69) is 33.6 Å². The fourth-order valence-corrected chi connectivity index (χ4v) is 2.87. The Labute approximate surface area is 197 Å². The van der Waals surface area contributed by atoms with Crippen LogP contribution in [-0.2, 0) is 19.2 Å². The minimum absolute atomic E-state index is 0.0441. The van der Waals surface area contributed by atoms with Gasteiger partial charge < -0.3 is 49.1 Å². The van der Waals surface area contributed by atoms with Gasteiger partial charge in [-0.05, 0) is 32.2 Å². The molecular weight excluding hydrogens is 456 g/mol. The molecule has 0 saturated heterocycles. The van der Waals surface area contributed by atoms with Gasteiger partial charge in [-0.15, -0.1) is 0 Å². The van der Waals surface area contributed by atoms with Crippen molar-refractivity contribution in [1.82, 2.24) is 16.0 Å². The van der Waals surface area contributed by atoms with Gasteiger partial charge in [0, 0.05) is 12.3 Å². The molecule has 0 aromatic heterocycles. The maximum Gasteiger partial charge on any atom is 0.326 e. The number of thiol groups is 1. The second-order valence-corrected chi connectivity index (χ2v) is 7.59. The number of carbonyl (C=O) groups is 4. The van der Waals surface area contributed by atoms with Crippen molar-refractivity contribution in [3.63, 3.8) is 0 Å².